The molecule has 1 aliphatic heterocycles. The minimum absolute atomic E-state index is 0.0933. The molecule has 0 amide bonds. The molecule has 0 saturated heterocycles. The summed E-state index contributed by atoms with van der Waals surface area (Å²) in [6, 6.07) is 0. The summed E-state index contributed by atoms with van der Waals surface area (Å²) in [5, 5.41) is 0. The maximum atomic E-state index is 11.6. The topological polar surface area (TPSA) is 50.1 Å². The number of rotatable bonds is 4. The van der Waals surface area contributed by atoms with Crippen LogP contribution in [0.15, 0.2) is 9.79 Å². The van der Waals surface area contributed by atoms with Gasteiger partial charge in [-0.1, -0.05) is 19.8 Å². The molecular weight excluding hydrogens is 222 g/mol. The van der Waals surface area contributed by atoms with Crippen LogP contribution >= 0.6 is 12.2 Å². The van der Waals surface area contributed by atoms with Crippen molar-refractivity contribution in [1.29, 1.82) is 0 Å². The summed E-state index contributed by atoms with van der Waals surface area (Å²) >= 11 is 5.16. The third kappa shape index (κ3) is 2.00. The number of aliphatic imine (C=N–C) groups is 1. The number of unbranched alkanes of at least 4 members (excludes halogenated alkanes) is 2. The average Bonchev–Trinajstić information content (AvgIpc) is 2.72. The van der Waals surface area contributed by atoms with E-state index in [4.69, 9.17) is 12.2 Å². The number of nitrogens with one attached hydrogen (secondary N) is 1. The van der Waals surface area contributed by atoms with Crippen molar-refractivity contribution >= 4 is 24.3 Å². The van der Waals surface area contributed by atoms with Crippen molar-refractivity contribution in [1.82, 2.24) is 9.55 Å². The predicted octanol–water partition coefficient (Wildman–Crippen LogP) is 2.35. The van der Waals surface area contributed by atoms with Gasteiger partial charge in [-0.2, -0.15) is 0 Å². The molecule has 2 rings (SSSR count). The summed E-state index contributed by atoms with van der Waals surface area (Å²) in [6.45, 7) is 3.00. The first-order valence-corrected chi connectivity index (χ1v) is 6.03. The largest absolute Gasteiger partial charge is 0.303 e. The molecular formula is C11H15N3OS. The maximum absolute atomic E-state index is 11.6. The van der Waals surface area contributed by atoms with Gasteiger partial charge >= 0.3 is 0 Å². The molecule has 0 bridgehead atoms. The van der Waals surface area contributed by atoms with Crippen LogP contribution in [0, 0.1) is 4.77 Å². The van der Waals surface area contributed by atoms with Gasteiger partial charge in [0.15, 0.2) is 4.77 Å². The zero-order chi connectivity index (χ0) is 11.5. The second-order valence-corrected chi connectivity index (χ2v) is 4.32. The van der Waals surface area contributed by atoms with Crippen LogP contribution in [0.4, 0.5) is 5.82 Å². The van der Waals surface area contributed by atoms with Crippen molar-refractivity contribution in [3.05, 3.63) is 20.7 Å². The highest BCUT2D eigenvalue weighted by atomic mass is 32.1. The molecule has 1 N–H and O–H groups in total. The lowest BCUT2D eigenvalue weighted by molar-refractivity contribution is 0.587. The van der Waals surface area contributed by atoms with Gasteiger partial charge in [-0.25, -0.2) is 4.99 Å². The number of fused-ring (bicyclic) bond motifs is 1. The molecule has 0 aromatic carbocycles. The SMILES string of the molecule is CCCCCn1c2c(c(=O)[nH]c1=S)CC=N2. The van der Waals surface area contributed by atoms with E-state index in [-0.39, 0.29) is 5.56 Å². The molecule has 0 atom stereocenters. The van der Waals surface area contributed by atoms with Crippen molar-refractivity contribution in [3.8, 4) is 0 Å². The van der Waals surface area contributed by atoms with E-state index in [9.17, 15) is 4.79 Å². The van der Waals surface area contributed by atoms with Gasteiger partial charge in [0.25, 0.3) is 5.56 Å². The van der Waals surface area contributed by atoms with Gasteiger partial charge in [-0.15, -0.1) is 0 Å². The summed E-state index contributed by atoms with van der Waals surface area (Å²) < 4.78 is 2.42. The molecule has 0 radical (unpaired) electrons. The Morgan fingerprint density at radius 2 is 2.38 bits per heavy atom. The Bertz CT molecular complexity index is 527. The molecule has 1 aromatic heterocycles. The first kappa shape index (κ1) is 11.3. The summed E-state index contributed by atoms with van der Waals surface area (Å²) in [4.78, 5) is 18.6. The van der Waals surface area contributed by atoms with Crippen LogP contribution in [-0.4, -0.2) is 15.8 Å². The van der Waals surface area contributed by atoms with E-state index >= 15 is 0 Å². The summed E-state index contributed by atoms with van der Waals surface area (Å²) in [5.74, 6) is 0.754. The van der Waals surface area contributed by atoms with E-state index in [0.717, 1.165) is 24.3 Å². The molecule has 16 heavy (non-hydrogen) atoms. The molecule has 86 valence electrons. The summed E-state index contributed by atoms with van der Waals surface area (Å²) in [5.41, 5.74) is 0.648. The number of hydrogen-bond donors (Lipinski definition) is 1. The first-order valence-electron chi connectivity index (χ1n) is 5.62. The zero-order valence-corrected chi connectivity index (χ0v) is 10.1. The lowest BCUT2D eigenvalue weighted by atomic mass is 10.2. The van der Waals surface area contributed by atoms with Crippen LogP contribution in [0.3, 0.4) is 0 Å². The van der Waals surface area contributed by atoms with Gasteiger partial charge in [0.2, 0.25) is 0 Å². The average molecular weight is 237 g/mol. The molecule has 1 aliphatic rings. The van der Waals surface area contributed by atoms with Crippen LogP contribution in [0.2, 0.25) is 0 Å². The predicted molar refractivity (Wildman–Crippen MR) is 67.3 cm³/mol. The highest BCUT2D eigenvalue weighted by Crippen LogP contribution is 2.21. The fourth-order valence-electron chi connectivity index (χ4n) is 1.88. The molecule has 4 nitrogen and oxygen atoms in total. The fourth-order valence-corrected chi connectivity index (χ4v) is 2.15. The van der Waals surface area contributed by atoms with Gasteiger partial charge < -0.3 is 4.57 Å². The van der Waals surface area contributed by atoms with Gasteiger partial charge in [-0.3, -0.25) is 9.78 Å². The lowest BCUT2D eigenvalue weighted by Gasteiger charge is -2.10. The van der Waals surface area contributed by atoms with Crippen molar-refractivity contribution in [2.75, 3.05) is 0 Å². The first-order chi connectivity index (χ1) is 7.74. The van der Waals surface area contributed by atoms with E-state index in [1.807, 2.05) is 4.57 Å². The van der Waals surface area contributed by atoms with Gasteiger partial charge in [0.05, 0.1) is 5.56 Å². The van der Waals surface area contributed by atoms with Crippen molar-refractivity contribution < 1.29 is 0 Å². The van der Waals surface area contributed by atoms with Gasteiger partial charge in [0, 0.05) is 19.2 Å². The third-order valence-electron chi connectivity index (χ3n) is 2.76. The molecule has 0 fully saturated rings. The molecule has 0 aliphatic carbocycles. The van der Waals surface area contributed by atoms with E-state index in [0.29, 0.717) is 11.2 Å². The molecule has 0 spiro atoms. The second-order valence-electron chi connectivity index (χ2n) is 3.94. The Labute approximate surface area is 99.0 Å². The van der Waals surface area contributed by atoms with Crippen molar-refractivity contribution in [3.63, 3.8) is 0 Å². The minimum Gasteiger partial charge on any atom is -0.303 e. The smallest absolute Gasteiger partial charge is 0.257 e. The number of nitrogens with zero attached hydrogens (tertiary/aromatic N) is 2. The third-order valence-corrected chi connectivity index (χ3v) is 3.08. The Hall–Kier alpha value is -1.23. The fraction of sp³-hybridized carbons (Fsp3) is 0.545. The number of H-pyrrole nitrogens is 1. The monoisotopic (exact) mass is 237 g/mol. The Kier molecular flexibility index (Phi) is 3.33. The number of aromatic nitrogens is 2. The quantitative estimate of drug-likeness (QED) is 0.645. The van der Waals surface area contributed by atoms with Gasteiger partial charge in [0.1, 0.15) is 5.82 Å². The van der Waals surface area contributed by atoms with E-state index in [2.05, 4.69) is 16.9 Å². The minimum atomic E-state index is -0.0933. The molecule has 0 saturated carbocycles. The second kappa shape index (κ2) is 4.74. The Balaban J connectivity index is 2.37. The van der Waals surface area contributed by atoms with Gasteiger partial charge in [-0.05, 0) is 18.6 Å². The Morgan fingerprint density at radius 3 is 3.12 bits per heavy atom. The molecule has 0 unspecified atom stereocenters. The van der Waals surface area contributed by atoms with E-state index in [1.165, 1.54) is 12.8 Å². The Morgan fingerprint density at radius 1 is 1.56 bits per heavy atom. The van der Waals surface area contributed by atoms with Crippen molar-refractivity contribution in [2.24, 2.45) is 4.99 Å². The maximum Gasteiger partial charge on any atom is 0.257 e. The summed E-state index contributed by atoms with van der Waals surface area (Å²) in [6.07, 6.45) is 5.79. The van der Waals surface area contributed by atoms with Crippen LogP contribution in [0.5, 0.6) is 0 Å². The lowest BCUT2D eigenvalue weighted by Crippen LogP contribution is -2.17. The zero-order valence-electron chi connectivity index (χ0n) is 9.32. The van der Waals surface area contributed by atoms with E-state index < -0.39 is 0 Å². The van der Waals surface area contributed by atoms with Crippen molar-refractivity contribution in [2.45, 2.75) is 39.2 Å². The summed E-state index contributed by atoms with van der Waals surface area (Å²) in [7, 11) is 0. The van der Waals surface area contributed by atoms with Crippen LogP contribution in [0.25, 0.3) is 0 Å². The highest BCUT2D eigenvalue weighted by Gasteiger charge is 2.15. The van der Waals surface area contributed by atoms with Crippen LogP contribution in [0.1, 0.15) is 31.7 Å². The molecule has 2 heterocycles. The molecule has 5 heteroatoms. The van der Waals surface area contributed by atoms with Crippen LogP contribution < -0.4 is 5.56 Å². The normalized spacial score (nSPS) is 13.1. The van der Waals surface area contributed by atoms with E-state index in [1.54, 1.807) is 6.21 Å². The van der Waals surface area contributed by atoms with Crippen LogP contribution in [-0.2, 0) is 13.0 Å². The number of hydrogen-bond acceptors (Lipinski definition) is 3. The standard InChI is InChI=1S/C11H15N3OS/c1-2-3-4-7-14-9-8(5-6-12-9)10(15)13-11(14)16/h6H,2-5,7H2,1H3,(H,13,15,16). The number of aromatic amines is 1. The highest BCUT2D eigenvalue weighted by molar-refractivity contribution is 7.71. The molecule has 1 aromatic rings.